The quantitative estimate of drug-likeness (QED) is 0.480. The second-order valence-corrected chi connectivity index (χ2v) is 8.81. The van der Waals surface area contributed by atoms with Crippen LogP contribution < -0.4 is 16.8 Å². The summed E-state index contributed by atoms with van der Waals surface area (Å²) in [7, 11) is 0. The Kier molecular flexibility index (Phi) is 6.02. The second-order valence-electron chi connectivity index (χ2n) is 8.81. The van der Waals surface area contributed by atoms with Gasteiger partial charge in [0.25, 0.3) is 0 Å². The van der Waals surface area contributed by atoms with Crippen LogP contribution in [0, 0.1) is 5.92 Å². The van der Waals surface area contributed by atoms with Gasteiger partial charge in [-0.2, -0.15) is 0 Å². The predicted octanol–water partition coefficient (Wildman–Crippen LogP) is 4.36. The van der Waals surface area contributed by atoms with Gasteiger partial charge in [0.2, 0.25) is 0 Å². The standard InChI is InChI=1S/C27H29FN6/c1-2-31-21-14-20(15-21)26(28)34-13-12-32-27(30)25(34)24(29)19-9-8-18-10-11-22(33-23(18)16-19)17-6-4-3-5-7-17/h3-13,16,20-21,26,31H,2,14-15,29H2,1H3,(H2,30,32)/b25-24-/t20-,21+,26?. The van der Waals surface area contributed by atoms with E-state index in [9.17, 15) is 0 Å². The third-order valence-electron chi connectivity index (χ3n) is 6.59. The van der Waals surface area contributed by atoms with Crippen LogP contribution >= 0.6 is 0 Å². The second kappa shape index (κ2) is 9.27. The highest BCUT2D eigenvalue weighted by Gasteiger charge is 2.39. The number of nitrogens with one attached hydrogen (secondary N) is 1. The summed E-state index contributed by atoms with van der Waals surface area (Å²) in [5.41, 5.74) is 17.1. The van der Waals surface area contributed by atoms with Gasteiger partial charge in [-0.15, -0.1) is 0 Å². The maximum Gasteiger partial charge on any atom is 0.179 e. The SMILES string of the molecule is CCN[C@H]1C[C@@H](C(F)N2C=CN=C(N)/C2=C(/N)c2ccc3ccc(-c4ccccc4)nc3c2)C1. The molecular formula is C27H29FN6. The monoisotopic (exact) mass is 456 g/mol. The van der Waals surface area contributed by atoms with Gasteiger partial charge in [-0.3, -0.25) is 0 Å². The molecule has 0 amide bonds. The fourth-order valence-electron chi connectivity index (χ4n) is 4.70. The molecule has 34 heavy (non-hydrogen) atoms. The van der Waals surface area contributed by atoms with E-state index in [2.05, 4.69) is 17.2 Å². The van der Waals surface area contributed by atoms with Crippen LogP contribution in [0.3, 0.4) is 0 Å². The van der Waals surface area contributed by atoms with Crippen molar-refractivity contribution in [2.75, 3.05) is 6.54 Å². The molecule has 1 saturated carbocycles. The number of aromatic nitrogens is 1. The van der Waals surface area contributed by atoms with Gasteiger partial charge < -0.3 is 21.7 Å². The van der Waals surface area contributed by atoms with Gasteiger partial charge in [-0.1, -0.05) is 55.5 Å². The highest BCUT2D eigenvalue weighted by molar-refractivity contribution is 6.04. The molecule has 0 saturated heterocycles. The smallest absolute Gasteiger partial charge is 0.179 e. The van der Waals surface area contributed by atoms with Crippen LogP contribution in [0.2, 0.25) is 0 Å². The van der Waals surface area contributed by atoms with E-state index in [1.54, 1.807) is 6.20 Å². The summed E-state index contributed by atoms with van der Waals surface area (Å²) in [6.45, 7) is 2.95. The van der Waals surface area contributed by atoms with Gasteiger partial charge in [0.05, 0.1) is 16.9 Å². The number of alkyl halides is 1. The minimum Gasteiger partial charge on any atom is -0.396 e. The van der Waals surface area contributed by atoms with Crippen molar-refractivity contribution >= 4 is 22.4 Å². The van der Waals surface area contributed by atoms with E-state index in [4.69, 9.17) is 16.5 Å². The van der Waals surface area contributed by atoms with Crippen LogP contribution in [0.4, 0.5) is 4.39 Å². The first kappa shape index (κ1) is 22.1. The number of halogens is 1. The lowest BCUT2D eigenvalue weighted by atomic mass is 9.79. The summed E-state index contributed by atoms with van der Waals surface area (Å²) in [5.74, 6) is 0.116. The minimum absolute atomic E-state index is 0.0888. The molecule has 2 aromatic carbocycles. The Balaban J connectivity index is 1.48. The molecule has 174 valence electrons. The summed E-state index contributed by atoms with van der Waals surface area (Å²) in [4.78, 5) is 10.6. The molecule has 7 heteroatoms. The van der Waals surface area contributed by atoms with E-state index >= 15 is 4.39 Å². The molecule has 2 heterocycles. The Hall–Kier alpha value is -3.71. The fourth-order valence-corrected chi connectivity index (χ4v) is 4.70. The first-order chi connectivity index (χ1) is 16.5. The third-order valence-corrected chi connectivity index (χ3v) is 6.59. The van der Waals surface area contributed by atoms with E-state index in [-0.39, 0.29) is 11.8 Å². The van der Waals surface area contributed by atoms with E-state index in [0.717, 1.165) is 47.1 Å². The highest BCUT2D eigenvalue weighted by atomic mass is 19.1. The lowest BCUT2D eigenvalue weighted by Gasteiger charge is -2.42. The number of benzene rings is 2. The fraction of sp³-hybridized carbons (Fsp3) is 0.259. The number of amidine groups is 1. The molecule has 3 aromatic rings. The molecule has 0 spiro atoms. The molecule has 2 aliphatic rings. The maximum absolute atomic E-state index is 15.6. The van der Waals surface area contributed by atoms with Gasteiger partial charge in [0, 0.05) is 40.9 Å². The van der Waals surface area contributed by atoms with E-state index in [0.29, 0.717) is 17.4 Å². The lowest BCUT2D eigenvalue weighted by molar-refractivity contribution is 0.0342. The van der Waals surface area contributed by atoms with E-state index in [1.807, 2.05) is 60.7 Å². The summed E-state index contributed by atoms with van der Waals surface area (Å²) >= 11 is 0. The molecule has 1 aliphatic heterocycles. The molecular weight excluding hydrogens is 427 g/mol. The normalized spacial score (nSPS) is 22.3. The van der Waals surface area contributed by atoms with Crippen molar-refractivity contribution in [2.24, 2.45) is 22.4 Å². The van der Waals surface area contributed by atoms with Crippen LogP contribution in [-0.4, -0.2) is 34.6 Å². The van der Waals surface area contributed by atoms with Crippen molar-refractivity contribution in [3.05, 3.63) is 84.3 Å². The Bertz CT molecular complexity index is 1280. The summed E-state index contributed by atoms with van der Waals surface area (Å²) in [5, 5.41) is 4.37. The lowest BCUT2D eigenvalue weighted by Crippen LogP contribution is -2.49. The van der Waals surface area contributed by atoms with Crippen LogP contribution in [0.5, 0.6) is 0 Å². The molecule has 6 nitrogen and oxygen atoms in total. The number of hydrogen-bond acceptors (Lipinski definition) is 6. The van der Waals surface area contributed by atoms with E-state index in [1.165, 1.54) is 11.1 Å². The van der Waals surface area contributed by atoms with Crippen molar-refractivity contribution in [1.29, 1.82) is 0 Å². The number of pyridine rings is 1. The van der Waals surface area contributed by atoms with Crippen molar-refractivity contribution in [3.8, 4) is 11.3 Å². The number of fused-ring (bicyclic) bond motifs is 1. The van der Waals surface area contributed by atoms with Gasteiger partial charge in [0.1, 0.15) is 11.5 Å². The molecule has 1 aromatic heterocycles. The first-order valence-corrected chi connectivity index (χ1v) is 11.7. The molecule has 1 atom stereocenters. The Morgan fingerprint density at radius 3 is 2.68 bits per heavy atom. The topological polar surface area (TPSA) is 92.6 Å². The average Bonchev–Trinajstić information content (AvgIpc) is 2.85. The average molecular weight is 457 g/mol. The molecule has 1 aliphatic carbocycles. The van der Waals surface area contributed by atoms with Crippen molar-refractivity contribution in [2.45, 2.75) is 32.1 Å². The Labute approximate surface area is 198 Å². The van der Waals surface area contributed by atoms with Gasteiger partial charge >= 0.3 is 0 Å². The Morgan fingerprint density at radius 1 is 1.15 bits per heavy atom. The highest BCUT2D eigenvalue weighted by Crippen LogP contribution is 2.37. The summed E-state index contributed by atoms with van der Waals surface area (Å²) in [6.07, 6.45) is 3.48. The number of hydrogen-bond donors (Lipinski definition) is 3. The Morgan fingerprint density at radius 2 is 1.91 bits per heavy atom. The van der Waals surface area contributed by atoms with Gasteiger partial charge in [0.15, 0.2) is 6.30 Å². The summed E-state index contributed by atoms with van der Waals surface area (Å²) < 4.78 is 15.6. The molecule has 1 unspecified atom stereocenters. The minimum atomic E-state index is -1.22. The van der Waals surface area contributed by atoms with Gasteiger partial charge in [-0.25, -0.2) is 14.4 Å². The number of nitrogens with zero attached hydrogens (tertiary/aromatic N) is 3. The predicted molar refractivity (Wildman–Crippen MR) is 136 cm³/mol. The van der Waals surface area contributed by atoms with Crippen LogP contribution in [0.15, 0.2) is 83.8 Å². The van der Waals surface area contributed by atoms with Crippen LogP contribution in [0.1, 0.15) is 25.3 Å². The zero-order valence-corrected chi connectivity index (χ0v) is 19.2. The van der Waals surface area contributed by atoms with Crippen LogP contribution in [0.25, 0.3) is 27.9 Å². The maximum atomic E-state index is 15.6. The van der Waals surface area contributed by atoms with Gasteiger partial charge in [-0.05, 0) is 31.5 Å². The van der Waals surface area contributed by atoms with Crippen molar-refractivity contribution in [1.82, 2.24) is 15.2 Å². The molecule has 5 N–H and O–H groups in total. The number of rotatable bonds is 6. The van der Waals surface area contributed by atoms with Crippen molar-refractivity contribution < 1.29 is 4.39 Å². The van der Waals surface area contributed by atoms with Crippen LogP contribution in [-0.2, 0) is 0 Å². The number of aliphatic imine (C=N–C) groups is 1. The third kappa shape index (κ3) is 4.15. The number of nitrogens with two attached hydrogens (primary N) is 2. The molecule has 5 rings (SSSR count). The zero-order chi connectivity index (χ0) is 23.7. The summed E-state index contributed by atoms with van der Waals surface area (Å²) in [6, 6.07) is 20.2. The molecule has 0 bridgehead atoms. The largest absolute Gasteiger partial charge is 0.396 e. The zero-order valence-electron chi connectivity index (χ0n) is 19.2. The van der Waals surface area contributed by atoms with Crippen molar-refractivity contribution in [3.63, 3.8) is 0 Å². The molecule has 0 radical (unpaired) electrons. The first-order valence-electron chi connectivity index (χ1n) is 11.7. The van der Waals surface area contributed by atoms with E-state index < -0.39 is 6.30 Å². The molecule has 1 fully saturated rings.